The molecule has 184 valence electrons. The molecule has 2 aromatic carbocycles. The topological polar surface area (TPSA) is 73.0 Å². The first kappa shape index (κ1) is 23.4. The molecule has 2 heterocycles. The maximum atomic E-state index is 13.6. The highest BCUT2D eigenvalue weighted by Gasteiger charge is 2.31. The Kier molecular flexibility index (Phi) is 6.75. The van der Waals surface area contributed by atoms with Crippen molar-refractivity contribution < 1.29 is 14.4 Å². The molecule has 3 fully saturated rings. The Labute approximate surface area is 207 Å². The van der Waals surface area contributed by atoms with E-state index in [9.17, 15) is 14.4 Å². The van der Waals surface area contributed by atoms with Crippen molar-refractivity contribution in [1.29, 1.82) is 0 Å². The van der Waals surface area contributed by atoms with Crippen LogP contribution in [0.4, 0.5) is 11.4 Å². The molecule has 1 aliphatic carbocycles. The zero-order chi connectivity index (χ0) is 24.4. The lowest BCUT2D eigenvalue weighted by atomic mass is 10.0. The fraction of sp³-hybridized carbons (Fsp3) is 0.464. The van der Waals surface area contributed by atoms with Crippen LogP contribution in [0.1, 0.15) is 58.4 Å². The van der Waals surface area contributed by atoms with E-state index in [1.54, 1.807) is 0 Å². The van der Waals surface area contributed by atoms with Crippen LogP contribution >= 0.6 is 0 Å². The minimum atomic E-state index is 0.0281. The second kappa shape index (κ2) is 10.1. The van der Waals surface area contributed by atoms with Crippen LogP contribution in [0.5, 0.6) is 0 Å². The van der Waals surface area contributed by atoms with E-state index >= 15 is 0 Å². The van der Waals surface area contributed by atoms with Crippen molar-refractivity contribution in [2.45, 2.75) is 39.0 Å². The average molecular weight is 475 g/mol. The molecule has 0 atom stereocenters. The van der Waals surface area contributed by atoms with Crippen molar-refractivity contribution in [1.82, 2.24) is 9.80 Å². The number of carbonyl (C=O) groups is 3. The molecule has 5 rings (SSSR count). The van der Waals surface area contributed by atoms with Gasteiger partial charge >= 0.3 is 0 Å². The monoisotopic (exact) mass is 474 g/mol. The Morgan fingerprint density at radius 3 is 2.09 bits per heavy atom. The van der Waals surface area contributed by atoms with Gasteiger partial charge in [0.15, 0.2) is 0 Å². The van der Waals surface area contributed by atoms with Crippen molar-refractivity contribution >= 4 is 29.1 Å². The predicted molar refractivity (Wildman–Crippen MR) is 137 cm³/mol. The van der Waals surface area contributed by atoms with Crippen molar-refractivity contribution in [2.75, 3.05) is 49.5 Å². The lowest BCUT2D eigenvalue weighted by Gasteiger charge is -2.37. The van der Waals surface area contributed by atoms with Gasteiger partial charge in [0.2, 0.25) is 5.91 Å². The maximum Gasteiger partial charge on any atom is 0.256 e. The number of hydrogen-bond acceptors (Lipinski definition) is 4. The molecular formula is C28H34N4O3. The first-order valence-electron chi connectivity index (χ1n) is 12.8. The molecule has 7 heteroatoms. The van der Waals surface area contributed by atoms with E-state index in [-0.39, 0.29) is 23.6 Å². The van der Waals surface area contributed by atoms with Gasteiger partial charge < -0.3 is 20.0 Å². The number of aryl methyl sites for hydroxylation is 1. The summed E-state index contributed by atoms with van der Waals surface area (Å²) in [6.07, 6.45) is 5.09. The molecule has 1 N–H and O–H groups in total. The van der Waals surface area contributed by atoms with Gasteiger partial charge in [-0.05, 0) is 69.4 Å². The lowest BCUT2D eigenvalue weighted by molar-refractivity contribution is -0.117. The van der Waals surface area contributed by atoms with Crippen molar-refractivity contribution in [3.8, 4) is 0 Å². The Bertz CT molecular complexity index is 1100. The third-order valence-corrected chi connectivity index (χ3v) is 7.29. The quantitative estimate of drug-likeness (QED) is 0.713. The third-order valence-electron chi connectivity index (χ3n) is 7.29. The van der Waals surface area contributed by atoms with Gasteiger partial charge in [-0.3, -0.25) is 14.4 Å². The van der Waals surface area contributed by atoms with Gasteiger partial charge in [-0.15, -0.1) is 0 Å². The van der Waals surface area contributed by atoms with E-state index < -0.39 is 0 Å². The molecule has 2 saturated heterocycles. The first-order chi connectivity index (χ1) is 17.0. The summed E-state index contributed by atoms with van der Waals surface area (Å²) < 4.78 is 0. The molecular weight excluding hydrogens is 440 g/mol. The van der Waals surface area contributed by atoms with Gasteiger partial charge in [0, 0.05) is 62.1 Å². The van der Waals surface area contributed by atoms with E-state index in [2.05, 4.69) is 10.2 Å². The number of amides is 3. The minimum absolute atomic E-state index is 0.0281. The van der Waals surface area contributed by atoms with E-state index in [1.165, 1.54) is 0 Å². The Morgan fingerprint density at radius 1 is 0.771 bits per heavy atom. The molecule has 1 saturated carbocycles. The maximum absolute atomic E-state index is 13.6. The van der Waals surface area contributed by atoms with Crippen molar-refractivity contribution in [3.63, 3.8) is 0 Å². The standard InChI is InChI=1S/C28H34N4O3/c1-20-5-7-22(8-6-20)27(34)32-17-15-30(16-18-32)25-12-11-23(29-26(33)21-9-10-21)19-24(25)28(35)31-13-3-2-4-14-31/h5-8,11-12,19,21H,2-4,9-10,13-18H2,1H3,(H,29,33). The SMILES string of the molecule is Cc1ccc(C(=O)N2CCN(c3ccc(NC(=O)C4CC4)cc3C(=O)N3CCCCC3)CC2)cc1. The molecule has 2 aromatic rings. The zero-order valence-corrected chi connectivity index (χ0v) is 20.5. The zero-order valence-electron chi connectivity index (χ0n) is 20.5. The van der Waals surface area contributed by atoms with Crippen molar-refractivity contribution in [3.05, 3.63) is 59.2 Å². The molecule has 3 aliphatic rings. The highest BCUT2D eigenvalue weighted by Crippen LogP contribution is 2.32. The molecule has 2 aliphatic heterocycles. The van der Waals surface area contributed by atoms with Crippen LogP contribution in [-0.2, 0) is 4.79 Å². The number of anilines is 2. The van der Waals surface area contributed by atoms with Crippen LogP contribution in [0, 0.1) is 12.8 Å². The molecule has 0 spiro atoms. The van der Waals surface area contributed by atoms with Crippen LogP contribution < -0.4 is 10.2 Å². The summed E-state index contributed by atoms with van der Waals surface area (Å²) in [6, 6.07) is 13.4. The second-order valence-electron chi connectivity index (χ2n) is 9.99. The van der Waals surface area contributed by atoms with Gasteiger partial charge in [-0.2, -0.15) is 0 Å². The fourth-order valence-electron chi connectivity index (χ4n) is 4.95. The molecule has 0 unspecified atom stereocenters. The Balaban J connectivity index is 1.33. The summed E-state index contributed by atoms with van der Waals surface area (Å²) in [6.45, 7) is 6.08. The number of piperidine rings is 1. The minimum Gasteiger partial charge on any atom is -0.367 e. The number of likely N-dealkylation sites (tertiary alicyclic amines) is 1. The van der Waals surface area contributed by atoms with Crippen LogP contribution in [0.25, 0.3) is 0 Å². The first-order valence-corrected chi connectivity index (χ1v) is 12.8. The summed E-state index contributed by atoms with van der Waals surface area (Å²) in [5.41, 5.74) is 4.04. The highest BCUT2D eigenvalue weighted by molar-refractivity contribution is 6.02. The van der Waals surface area contributed by atoms with Crippen LogP contribution in [0.2, 0.25) is 0 Å². The van der Waals surface area contributed by atoms with E-state index in [1.807, 2.05) is 59.2 Å². The summed E-state index contributed by atoms with van der Waals surface area (Å²) in [5.74, 6) is 0.222. The highest BCUT2D eigenvalue weighted by atomic mass is 16.2. The summed E-state index contributed by atoms with van der Waals surface area (Å²) in [4.78, 5) is 44.8. The number of piperazine rings is 1. The van der Waals surface area contributed by atoms with Crippen molar-refractivity contribution in [2.24, 2.45) is 5.92 Å². The number of rotatable bonds is 5. The van der Waals surface area contributed by atoms with Crippen LogP contribution in [-0.4, -0.2) is 66.8 Å². The number of benzene rings is 2. The normalized spacial score (nSPS) is 18.4. The van der Waals surface area contributed by atoms with E-state index in [0.717, 1.165) is 56.4 Å². The second-order valence-corrected chi connectivity index (χ2v) is 9.99. The largest absolute Gasteiger partial charge is 0.367 e. The van der Waals surface area contributed by atoms with Crippen LogP contribution in [0.15, 0.2) is 42.5 Å². The molecule has 35 heavy (non-hydrogen) atoms. The van der Waals surface area contributed by atoms with E-state index in [0.29, 0.717) is 43.0 Å². The molecule has 0 radical (unpaired) electrons. The molecule has 0 aromatic heterocycles. The van der Waals surface area contributed by atoms with Gasteiger partial charge in [0.1, 0.15) is 0 Å². The fourth-order valence-corrected chi connectivity index (χ4v) is 4.95. The number of nitrogens with zero attached hydrogens (tertiary/aromatic N) is 3. The Morgan fingerprint density at radius 2 is 1.43 bits per heavy atom. The number of hydrogen-bond donors (Lipinski definition) is 1. The van der Waals surface area contributed by atoms with Gasteiger partial charge in [0.25, 0.3) is 11.8 Å². The number of nitrogens with one attached hydrogen (secondary N) is 1. The summed E-state index contributed by atoms with van der Waals surface area (Å²) in [5, 5.41) is 3.00. The predicted octanol–water partition coefficient (Wildman–Crippen LogP) is 3.93. The summed E-state index contributed by atoms with van der Waals surface area (Å²) in [7, 11) is 0. The van der Waals surface area contributed by atoms with E-state index in [4.69, 9.17) is 0 Å². The van der Waals surface area contributed by atoms with Gasteiger partial charge in [-0.1, -0.05) is 17.7 Å². The number of carbonyl (C=O) groups excluding carboxylic acids is 3. The lowest BCUT2D eigenvalue weighted by Crippen LogP contribution is -2.49. The molecule has 3 amide bonds. The summed E-state index contributed by atoms with van der Waals surface area (Å²) >= 11 is 0. The molecule has 7 nitrogen and oxygen atoms in total. The molecule has 0 bridgehead atoms. The van der Waals surface area contributed by atoms with Gasteiger partial charge in [-0.25, -0.2) is 0 Å². The smallest absolute Gasteiger partial charge is 0.256 e. The third kappa shape index (κ3) is 5.34. The van der Waals surface area contributed by atoms with Crippen LogP contribution in [0.3, 0.4) is 0 Å². The Hall–Kier alpha value is -3.35. The van der Waals surface area contributed by atoms with Gasteiger partial charge in [0.05, 0.1) is 5.56 Å². The average Bonchev–Trinajstić information content (AvgIpc) is 3.75.